The van der Waals surface area contributed by atoms with E-state index in [1.54, 1.807) is 0 Å². The minimum atomic E-state index is 0. The number of guanidine groups is 1. The maximum Gasteiger partial charge on any atom is 0.193 e. The van der Waals surface area contributed by atoms with E-state index in [0.717, 1.165) is 51.7 Å². The van der Waals surface area contributed by atoms with Crippen LogP contribution in [0.3, 0.4) is 0 Å². The molecule has 0 bridgehead atoms. The van der Waals surface area contributed by atoms with Gasteiger partial charge in [0.25, 0.3) is 0 Å². The highest BCUT2D eigenvalue weighted by molar-refractivity contribution is 14.0. The summed E-state index contributed by atoms with van der Waals surface area (Å²) in [5, 5.41) is 7.17. The molecule has 2 aliphatic heterocycles. The molecule has 2 aliphatic rings. The van der Waals surface area contributed by atoms with Crippen molar-refractivity contribution in [2.45, 2.75) is 39.7 Å². The van der Waals surface area contributed by atoms with Crippen molar-refractivity contribution < 1.29 is 4.74 Å². The Kier molecular flexibility index (Phi) is 8.68. The Balaban J connectivity index is 0.00000261. The number of anilines is 1. The smallest absolute Gasteiger partial charge is 0.193 e. The summed E-state index contributed by atoms with van der Waals surface area (Å²) in [4.78, 5) is 9.41. The highest BCUT2D eigenvalue weighted by Gasteiger charge is 2.35. The first-order valence-electron chi connectivity index (χ1n) is 9.84. The number of nitrogens with zero attached hydrogens (tertiary/aromatic N) is 3. The molecule has 27 heavy (non-hydrogen) atoms. The number of hydrogen-bond acceptors (Lipinski definition) is 4. The summed E-state index contributed by atoms with van der Waals surface area (Å²) in [6.45, 7) is 12.8. The van der Waals surface area contributed by atoms with E-state index in [9.17, 15) is 0 Å². The zero-order chi connectivity index (χ0) is 18.6. The van der Waals surface area contributed by atoms with Crippen LogP contribution in [0.2, 0.25) is 0 Å². The Hall–Kier alpha value is -0.540. The quantitative estimate of drug-likeness (QED) is 0.384. The van der Waals surface area contributed by atoms with Crippen molar-refractivity contribution >= 4 is 46.3 Å². The minimum Gasteiger partial charge on any atom is -0.377 e. The van der Waals surface area contributed by atoms with Gasteiger partial charge >= 0.3 is 0 Å². The lowest BCUT2D eigenvalue weighted by Gasteiger charge is -2.41. The maximum atomic E-state index is 6.12. The number of thiophene rings is 1. The second-order valence-electron chi connectivity index (χ2n) is 8.41. The monoisotopic (exact) mass is 506 g/mol. The van der Waals surface area contributed by atoms with E-state index in [-0.39, 0.29) is 29.4 Å². The van der Waals surface area contributed by atoms with Gasteiger partial charge in [0.1, 0.15) is 0 Å². The van der Waals surface area contributed by atoms with Gasteiger partial charge in [-0.25, -0.2) is 0 Å². The van der Waals surface area contributed by atoms with Crippen molar-refractivity contribution in [1.29, 1.82) is 0 Å². The lowest BCUT2D eigenvalue weighted by Crippen LogP contribution is -2.54. The fourth-order valence-electron chi connectivity index (χ4n) is 4.15. The van der Waals surface area contributed by atoms with Gasteiger partial charge in [-0.3, -0.25) is 4.99 Å². The number of ether oxygens (including phenoxy) is 1. The molecule has 2 fully saturated rings. The average molecular weight is 506 g/mol. The van der Waals surface area contributed by atoms with Crippen LogP contribution in [0.5, 0.6) is 0 Å². The average Bonchev–Trinajstić information content (AvgIpc) is 3.17. The summed E-state index contributed by atoms with van der Waals surface area (Å²) in [5.41, 5.74) is 0.183. The van der Waals surface area contributed by atoms with Gasteiger partial charge in [-0.05, 0) is 35.8 Å². The molecule has 0 amide bonds. The number of piperazine rings is 1. The number of aliphatic imine (C=N–C) groups is 1. The molecule has 3 heterocycles. The second-order valence-corrected chi connectivity index (χ2v) is 9.34. The van der Waals surface area contributed by atoms with Crippen LogP contribution in [0.15, 0.2) is 22.5 Å². The fourth-order valence-corrected chi connectivity index (χ4v) is 4.94. The summed E-state index contributed by atoms with van der Waals surface area (Å²) in [6.07, 6.45) is 2.72. The molecule has 0 aliphatic carbocycles. The topological polar surface area (TPSA) is 40.1 Å². The van der Waals surface area contributed by atoms with Crippen LogP contribution in [0.25, 0.3) is 0 Å². The third-order valence-electron chi connectivity index (χ3n) is 5.43. The minimum absolute atomic E-state index is 0. The third kappa shape index (κ3) is 5.97. The molecule has 1 aromatic heterocycles. The molecule has 2 unspecified atom stereocenters. The van der Waals surface area contributed by atoms with Crippen LogP contribution < -0.4 is 10.2 Å². The Morgan fingerprint density at radius 3 is 2.63 bits per heavy atom. The van der Waals surface area contributed by atoms with Gasteiger partial charge < -0.3 is 19.9 Å². The summed E-state index contributed by atoms with van der Waals surface area (Å²) in [7, 11) is 1.90. The van der Waals surface area contributed by atoms with E-state index in [2.05, 4.69) is 58.4 Å². The molecular weight excluding hydrogens is 471 g/mol. The van der Waals surface area contributed by atoms with E-state index < -0.39 is 0 Å². The molecule has 0 radical (unpaired) electrons. The highest BCUT2D eigenvalue weighted by Crippen LogP contribution is 2.33. The first-order valence-corrected chi connectivity index (χ1v) is 10.7. The molecule has 2 saturated heterocycles. The van der Waals surface area contributed by atoms with E-state index in [0.29, 0.717) is 12.0 Å². The SMILES string of the molecule is CN=C(NCC1CCCOC1C(C)(C)C)N1CCN(c2cccs2)CC1.I. The van der Waals surface area contributed by atoms with Gasteiger partial charge in [0.05, 0.1) is 11.1 Å². The van der Waals surface area contributed by atoms with Crippen LogP contribution in [0.4, 0.5) is 5.00 Å². The van der Waals surface area contributed by atoms with Gasteiger partial charge in [0.15, 0.2) is 5.96 Å². The van der Waals surface area contributed by atoms with Crippen molar-refractivity contribution in [3.05, 3.63) is 17.5 Å². The molecule has 3 rings (SSSR count). The largest absolute Gasteiger partial charge is 0.377 e. The maximum absolute atomic E-state index is 6.12. The van der Waals surface area contributed by atoms with Crippen molar-refractivity contribution in [3.8, 4) is 0 Å². The van der Waals surface area contributed by atoms with Gasteiger partial charge in [-0.1, -0.05) is 20.8 Å². The van der Waals surface area contributed by atoms with Crippen LogP contribution in [0.1, 0.15) is 33.6 Å². The molecule has 1 N–H and O–H groups in total. The van der Waals surface area contributed by atoms with Crippen molar-refractivity contribution in [2.24, 2.45) is 16.3 Å². The predicted molar refractivity (Wildman–Crippen MR) is 127 cm³/mol. The lowest BCUT2D eigenvalue weighted by molar-refractivity contribution is -0.0836. The summed E-state index contributed by atoms with van der Waals surface area (Å²) in [5.74, 6) is 1.59. The molecular formula is C20H35IN4OS. The Bertz CT molecular complexity index is 579. The standard InChI is InChI=1S/C20H34N4OS.HI/c1-20(2,3)18-16(7-5-13-25-18)15-22-19(21-4)24-11-9-23(10-12-24)17-8-6-14-26-17;/h6,8,14,16,18H,5,7,9-13,15H2,1-4H3,(H,21,22);1H. The Morgan fingerprint density at radius 2 is 2.04 bits per heavy atom. The first-order chi connectivity index (χ1) is 12.5. The molecule has 0 aromatic carbocycles. The van der Waals surface area contributed by atoms with Crippen LogP contribution in [-0.2, 0) is 4.74 Å². The van der Waals surface area contributed by atoms with Gasteiger partial charge in [0.2, 0.25) is 0 Å². The predicted octanol–water partition coefficient (Wildman–Crippen LogP) is 3.90. The van der Waals surface area contributed by atoms with Gasteiger partial charge in [0, 0.05) is 52.3 Å². The van der Waals surface area contributed by atoms with Crippen LogP contribution in [0, 0.1) is 11.3 Å². The van der Waals surface area contributed by atoms with E-state index in [1.807, 2.05) is 18.4 Å². The number of nitrogens with one attached hydrogen (secondary N) is 1. The van der Waals surface area contributed by atoms with Crippen molar-refractivity contribution in [1.82, 2.24) is 10.2 Å². The lowest BCUT2D eigenvalue weighted by atomic mass is 9.78. The van der Waals surface area contributed by atoms with E-state index in [1.165, 1.54) is 11.4 Å². The first kappa shape index (κ1) is 22.7. The molecule has 0 saturated carbocycles. The molecule has 2 atom stereocenters. The van der Waals surface area contributed by atoms with Gasteiger partial charge in [-0.2, -0.15) is 0 Å². The summed E-state index contributed by atoms with van der Waals surface area (Å²) >= 11 is 1.82. The van der Waals surface area contributed by atoms with E-state index in [4.69, 9.17) is 4.74 Å². The Labute approximate surface area is 185 Å². The van der Waals surface area contributed by atoms with E-state index >= 15 is 0 Å². The fraction of sp³-hybridized carbons (Fsp3) is 0.750. The Morgan fingerprint density at radius 1 is 1.30 bits per heavy atom. The summed E-state index contributed by atoms with van der Waals surface area (Å²) in [6, 6.07) is 4.34. The van der Waals surface area contributed by atoms with Crippen LogP contribution >= 0.6 is 35.3 Å². The molecule has 154 valence electrons. The number of rotatable bonds is 3. The molecule has 7 heteroatoms. The van der Waals surface area contributed by atoms with Crippen molar-refractivity contribution in [3.63, 3.8) is 0 Å². The highest BCUT2D eigenvalue weighted by atomic mass is 127. The third-order valence-corrected chi connectivity index (χ3v) is 6.36. The molecule has 0 spiro atoms. The number of hydrogen-bond donors (Lipinski definition) is 1. The zero-order valence-corrected chi connectivity index (χ0v) is 20.3. The molecule has 1 aromatic rings. The van der Waals surface area contributed by atoms with Crippen molar-refractivity contribution in [2.75, 3.05) is 51.3 Å². The molecule has 5 nitrogen and oxygen atoms in total. The van der Waals surface area contributed by atoms with Gasteiger partial charge in [-0.15, -0.1) is 35.3 Å². The summed E-state index contributed by atoms with van der Waals surface area (Å²) < 4.78 is 6.12. The normalized spacial score (nSPS) is 24.5. The zero-order valence-electron chi connectivity index (χ0n) is 17.1. The number of halogens is 1. The second kappa shape index (κ2) is 10.3. The van der Waals surface area contributed by atoms with Crippen LogP contribution in [-0.4, -0.2) is 63.3 Å².